The predicted octanol–water partition coefficient (Wildman–Crippen LogP) is 1.24. The molecule has 3 rings (SSSR count). The first kappa shape index (κ1) is 17.0. The third-order valence-corrected chi connectivity index (χ3v) is 7.82. The van der Waals surface area contributed by atoms with Crippen LogP contribution in [0.25, 0.3) is 0 Å². The number of carbonyl (C=O) groups excluding carboxylic acids is 1. The van der Waals surface area contributed by atoms with Crippen LogP contribution in [0.15, 0.2) is 4.34 Å². The monoisotopic (exact) mass is 376 g/mol. The van der Waals surface area contributed by atoms with Crippen LogP contribution in [0.2, 0.25) is 0 Å². The highest BCUT2D eigenvalue weighted by Gasteiger charge is 2.34. The van der Waals surface area contributed by atoms with Gasteiger partial charge < -0.3 is 10.2 Å². The van der Waals surface area contributed by atoms with Crippen molar-refractivity contribution in [1.29, 1.82) is 0 Å². The predicted molar refractivity (Wildman–Crippen MR) is 91.7 cm³/mol. The summed E-state index contributed by atoms with van der Waals surface area (Å²) in [5.41, 5.74) is 0. The Kier molecular flexibility index (Phi) is 4.84. The second-order valence-electron chi connectivity index (χ2n) is 6.06. The van der Waals surface area contributed by atoms with Crippen LogP contribution in [0.3, 0.4) is 0 Å². The summed E-state index contributed by atoms with van der Waals surface area (Å²) in [7, 11) is -1.30. The van der Waals surface area contributed by atoms with E-state index in [2.05, 4.69) is 15.5 Å². The van der Waals surface area contributed by atoms with Crippen LogP contribution in [-0.4, -0.2) is 65.3 Å². The van der Waals surface area contributed by atoms with Gasteiger partial charge in [-0.2, -0.15) is 0 Å². The largest absolute Gasteiger partial charge is 0.357 e. The number of anilines is 1. The molecule has 0 spiro atoms. The van der Waals surface area contributed by atoms with Gasteiger partial charge in [0, 0.05) is 19.1 Å². The van der Waals surface area contributed by atoms with Crippen molar-refractivity contribution in [1.82, 2.24) is 15.1 Å². The topological polar surface area (TPSA) is 92.3 Å². The van der Waals surface area contributed by atoms with E-state index in [0.717, 1.165) is 9.47 Å². The molecule has 1 aliphatic heterocycles. The van der Waals surface area contributed by atoms with E-state index in [-0.39, 0.29) is 28.7 Å². The van der Waals surface area contributed by atoms with E-state index in [0.29, 0.717) is 12.5 Å². The summed E-state index contributed by atoms with van der Waals surface area (Å²) in [4.78, 5) is 14.1. The molecule has 2 heterocycles. The lowest BCUT2D eigenvalue weighted by atomic mass is 10.2. The Bertz CT molecular complexity index is 686. The van der Waals surface area contributed by atoms with Crippen molar-refractivity contribution in [3.05, 3.63) is 0 Å². The summed E-state index contributed by atoms with van der Waals surface area (Å²) in [6.45, 7) is 1.82. The Morgan fingerprint density at radius 1 is 1.39 bits per heavy atom. The number of aromatic nitrogens is 2. The van der Waals surface area contributed by atoms with Crippen molar-refractivity contribution in [3.63, 3.8) is 0 Å². The van der Waals surface area contributed by atoms with Gasteiger partial charge >= 0.3 is 0 Å². The van der Waals surface area contributed by atoms with Crippen LogP contribution in [0.5, 0.6) is 0 Å². The van der Waals surface area contributed by atoms with Crippen LogP contribution in [0, 0.1) is 0 Å². The number of sulfone groups is 1. The second-order valence-corrected chi connectivity index (χ2v) is 10.9. The van der Waals surface area contributed by atoms with Gasteiger partial charge in [0.15, 0.2) is 14.2 Å². The van der Waals surface area contributed by atoms with Crippen LogP contribution in [-0.2, 0) is 14.6 Å². The molecule has 128 valence electrons. The first-order chi connectivity index (χ1) is 10.8. The normalized spacial score (nSPS) is 24.3. The number of nitrogens with zero attached hydrogens (tertiary/aromatic N) is 3. The van der Waals surface area contributed by atoms with Crippen LogP contribution >= 0.6 is 23.1 Å². The first-order valence-corrected chi connectivity index (χ1v) is 11.1. The van der Waals surface area contributed by atoms with E-state index in [9.17, 15) is 13.2 Å². The molecule has 0 unspecified atom stereocenters. The van der Waals surface area contributed by atoms with Crippen LogP contribution < -0.4 is 5.32 Å². The molecular weight excluding hydrogens is 356 g/mol. The fraction of sp³-hybridized carbons (Fsp3) is 0.769. The van der Waals surface area contributed by atoms with Gasteiger partial charge in [0.05, 0.1) is 16.8 Å². The smallest absolute Gasteiger partial charge is 0.235 e. The Balaban J connectivity index is 1.55. The third kappa shape index (κ3) is 4.36. The molecule has 1 amide bonds. The Hall–Kier alpha value is -0.870. The van der Waals surface area contributed by atoms with Gasteiger partial charge in [-0.25, -0.2) is 8.42 Å². The fourth-order valence-electron chi connectivity index (χ4n) is 2.47. The molecule has 1 aromatic heterocycles. The highest BCUT2D eigenvalue weighted by atomic mass is 32.2. The highest BCUT2D eigenvalue weighted by molar-refractivity contribution is 8.02. The molecule has 23 heavy (non-hydrogen) atoms. The number of amides is 1. The molecule has 2 aliphatic rings. The molecule has 2 atom stereocenters. The quantitative estimate of drug-likeness (QED) is 0.747. The molecule has 0 radical (unpaired) electrons. The number of hydrogen-bond donors (Lipinski definition) is 1. The summed E-state index contributed by atoms with van der Waals surface area (Å²) in [6, 6.07) is 0.312. The molecule has 1 saturated carbocycles. The van der Waals surface area contributed by atoms with E-state index < -0.39 is 9.84 Å². The van der Waals surface area contributed by atoms with E-state index in [1.54, 1.807) is 11.9 Å². The molecule has 10 heteroatoms. The minimum absolute atomic E-state index is 0.0657. The molecule has 1 aliphatic carbocycles. The molecular formula is C13H20N4O3S3. The molecule has 1 saturated heterocycles. The van der Waals surface area contributed by atoms with Gasteiger partial charge in [0.2, 0.25) is 11.0 Å². The Labute approximate surface area is 144 Å². The standard InChI is InChI=1S/C13H20N4O3S3/c1-8(11(18)17(2)10-5-6-23(19,20)7-10)21-13-16-15-12(22-13)14-9-3-4-9/h8-10H,3-7H2,1-2H3,(H,14,15)/t8-,10-/m1/s1. The summed E-state index contributed by atoms with van der Waals surface area (Å²) in [6.07, 6.45) is 2.87. The zero-order chi connectivity index (χ0) is 16.6. The highest BCUT2D eigenvalue weighted by Crippen LogP contribution is 2.32. The number of rotatable bonds is 6. The summed E-state index contributed by atoms with van der Waals surface area (Å²) >= 11 is 2.82. The van der Waals surface area contributed by atoms with Gasteiger partial charge in [0.25, 0.3) is 0 Å². The SMILES string of the molecule is C[C@@H](Sc1nnc(NC2CC2)s1)C(=O)N(C)[C@@H]1CCS(=O)(=O)C1. The summed E-state index contributed by atoms with van der Waals surface area (Å²) < 4.78 is 23.9. The summed E-state index contributed by atoms with van der Waals surface area (Å²) in [5.74, 6) is 0.175. The number of hydrogen-bond acceptors (Lipinski definition) is 8. The van der Waals surface area contributed by atoms with Crippen molar-refractivity contribution >= 4 is 44.0 Å². The average Bonchev–Trinajstić information content (AvgIpc) is 3.07. The van der Waals surface area contributed by atoms with Gasteiger partial charge in [-0.3, -0.25) is 4.79 Å². The molecule has 1 N–H and O–H groups in total. The zero-order valence-electron chi connectivity index (χ0n) is 13.1. The van der Waals surface area contributed by atoms with Gasteiger partial charge in [-0.05, 0) is 26.2 Å². The van der Waals surface area contributed by atoms with Crippen molar-refractivity contribution in [3.8, 4) is 0 Å². The Morgan fingerprint density at radius 2 is 2.13 bits per heavy atom. The lowest BCUT2D eigenvalue weighted by molar-refractivity contribution is -0.130. The molecule has 0 aromatic carbocycles. The average molecular weight is 377 g/mol. The van der Waals surface area contributed by atoms with Crippen LogP contribution in [0.4, 0.5) is 5.13 Å². The van der Waals surface area contributed by atoms with Crippen molar-refractivity contribution in [2.45, 2.75) is 47.9 Å². The minimum atomic E-state index is -2.99. The van der Waals surface area contributed by atoms with Crippen molar-refractivity contribution in [2.75, 3.05) is 23.9 Å². The van der Waals surface area contributed by atoms with E-state index >= 15 is 0 Å². The van der Waals surface area contributed by atoms with E-state index in [1.807, 2.05) is 6.92 Å². The summed E-state index contributed by atoms with van der Waals surface area (Å²) in [5, 5.41) is 12.0. The number of nitrogens with one attached hydrogen (secondary N) is 1. The van der Waals surface area contributed by atoms with Gasteiger partial charge in [0.1, 0.15) is 0 Å². The maximum atomic E-state index is 12.5. The second kappa shape index (κ2) is 6.56. The first-order valence-electron chi connectivity index (χ1n) is 7.58. The molecule has 2 fully saturated rings. The lowest BCUT2D eigenvalue weighted by Crippen LogP contribution is -2.41. The van der Waals surface area contributed by atoms with E-state index in [1.165, 1.54) is 35.9 Å². The van der Waals surface area contributed by atoms with Gasteiger partial charge in [-0.15, -0.1) is 10.2 Å². The van der Waals surface area contributed by atoms with Crippen molar-refractivity contribution in [2.24, 2.45) is 0 Å². The minimum Gasteiger partial charge on any atom is -0.357 e. The zero-order valence-corrected chi connectivity index (χ0v) is 15.5. The number of thioether (sulfide) groups is 1. The third-order valence-electron chi connectivity index (χ3n) is 4.04. The Morgan fingerprint density at radius 3 is 2.74 bits per heavy atom. The molecule has 0 bridgehead atoms. The van der Waals surface area contributed by atoms with Gasteiger partial charge in [-0.1, -0.05) is 23.1 Å². The maximum absolute atomic E-state index is 12.5. The number of carbonyl (C=O) groups is 1. The molecule has 1 aromatic rings. The van der Waals surface area contributed by atoms with Crippen molar-refractivity contribution < 1.29 is 13.2 Å². The fourth-order valence-corrected chi connectivity index (χ4v) is 6.32. The lowest BCUT2D eigenvalue weighted by Gasteiger charge is -2.25. The molecule has 7 nitrogen and oxygen atoms in total. The van der Waals surface area contributed by atoms with Crippen LogP contribution in [0.1, 0.15) is 26.2 Å². The maximum Gasteiger partial charge on any atom is 0.235 e. The van der Waals surface area contributed by atoms with E-state index in [4.69, 9.17) is 0 Å².